The van der Waals surface area contributed by atoms with Gasteiger partial charge in [-0.15, -0.1) is 11.6 Å². The zero-order valence-corrected chi connectivity index (χ0v) is 11.6. The van der Waals surface area contributed by atoms with Gasteiger partial charge in [0.15, 0.2) is 5.82 Å². The van der Waals surface area contributed by atoms with Crippen molar-refractivity contribution in [3.8, 4) is 0 Å². The summed E-state index contributed by atoms with van der Waals surface area (Å²) in [6.45, 7) is 0.252. The van der Waals surface area contributed by atoms with Crippen molar-refractivity contribution >= 4 is 29.0 Å². The maximum atomic E-state index is 13.8. The van der Waals surface area contributed by atoms with Gasteiger partial charge in [-0.1, -0.05) is 12.8 Å². The molecular formula is C14H14ClF2NO2. The lowest BCUT2D eigenvalue weighted by molar-refractivity contribution is -0.114. The third-order valence-electron chi connectivity index (χ3n) is 3.25. The van der Waals surface area contributed by atoms with Crippen LogP contribution in [0.2, 0.25) is 0 Å². The number of nitrogens with zero attached hydrogens (tertiary/aromatic N) is 1. The summed E-state index contributed by atoms with van der Waals surface area (Å²) in [5, 5.41) is 0. The Morgan fingerprint density at radius 1 is 1.05 bits per heavy atom. The molecule has 20 heavy (non-hydrogen) atoms. The van der Waals surface area contributed by atoms with Crippen LogP contribution in [0.3, 0.4) is 0 Å². The topological polar surface area (TPSA) is 37.4 Å². The van der Waals surface area contributed by atoms with Crippen molar-refractivity contribution in [2.75, 3.05) is 17.3 Å². The number of amides is 1. The molecule has 1 aromatic carbocycles. The summed E-state index contributed by atoms with van der Waals surface area (Å²) in [5.74, 6) is -2.79. The van der Waals surface area contributed by atoms with E-state index in [1.807, 2.05) is 0 Å². The van der Waals surface area contributed by atoms with E-state index in [1.54, 1.807) is 0 Å². The van der Waals surface area contributed by atoms with Crippen molar-refractivity contribution < 1.29 is 18.4 Å². The van der Waals surface area contributed by atoms with E-state index in [1.165, 1.54) is 0 Å². The maximum absolute atomic E-state index is 13.8. The van der Waals surface area contributed by atoms with Crippen LogP contribution in [-0.2, 0) is 4.79 Å². The Morgan fingerprint density at radius 2 is 1.75 bits per heavy atom. The van der Waals surface area contributed by atoms with Crippen molar-refractivity contribution in [3.63, 3.8) is 0 Å². The largest absolute Gasteiger partial charge is 0.302 e. The number of rotatable bonds is 6. The predicted molar refractivity (Wildman–Crippen MR) is 72.2 cm³/mol. The quantitative estimate of drug-likeness (QED) is 0.459. The second-order valence-corrected chi connectivity index (χ2v) is 5.05. The van der Waals surface area contributed by atoms with Crippen molar-refractivity contribution in [2.45, 2.75) is 25.7 Å². The number of anilines is 1. The zero-order valence-electron chi connectivity index (χ0n) is 10.8. The summed E-state index contributed by atoms with van der Waals surface area (Å²) in [4.78, 5) is 24.6. The van der Waals surface area contributed by atoms with E-state index in [0.29, 0.717) is 18.4 Å². The average Bonchev–Trinajstić information content (AvgIpc) is 2.64. The molecule has 0 saturated carbocycles. The second kappa shape index (κ2) is 6.31. The van der Waals surface area contributed by atoms with Crippen molar-refractivity contribution in [1.29, 1.82) is 0 Å². The van der Waals surface area contributed by atoms with Gasteiger partial charge in [-0.3, -0.25) is 9.59 Å². The molecule has 0 bridgehead atoms. The fraction of sp³-hybridized carbons (Fsp3) is 0.429. The number of carbonyl (C=O) groups is 2. The summed E-state index contributed by atoms with van der Waals surface area (Å²) < 4.78 is 26.9. The molecule has 1 aliphatic rings. The van der Waals surface area contributed by atoms with Gasteiger partial charge < -0.3 is 4.90 Å². The number of halogens is 3. The standard InChI is InChI=1S/C14H14ClF2NO2/c15-5-3-1-2-4-6-18-12-10(13(19)14(18)20)7-9(16)8-11(12)17/h7-8H,1-6H2. The number of hydrogen-bond acceptors (Lipinski definition) is 2. The molecule has 0 aromatic heterocycles. The number of benzene rings is 1. The van der Waals surface area contributed by atoms with Gasteiger partial charge in [-0.05, 0) is 18.9 Å². The van der Waals surface area contributed by atoms with Crippen molar-refractivity contribution in [2.24, 2.45) is 0 Å². The van der Waals surface area contributed by atoms with E-state index in [0.717, 1.165) is 30.2 Å². The molecule has 3 nitrogen and oxygen atoms in total. The molecule has 108 valence electrons. The lowest BCUT2D eigenvalue weighted by Gasteiger charge is -2.16. The SMILES string of the molecule is O=C1C(=O)N(CCCCCCCl)c2c(F)cc(F)cc21. The Bertz CT molecular complexity index is 548. The van der Waals surface area contributed by atoms with Gasteiger partial charge in [0.1, 0.15) is 5.82 Å². The first-order valence-electron chi connectivity index (χ1n) is 6.47. The second-order valence-electron chi connectivity index (χ2n) is 4.67. The molecule has 1 amide bonds. The van der Waals surface area contributed by atoms with Crippen LogP contribution < -0.4 is 4.90 Å². The molecule has 0 saturated heterocycles. The summed E-state index contributed by atoms with van der Waals surface area (Å²) in [6, 6.07) is 1.59. The molecular weight excluding hydrogens is 288 g/mol. The van der Waals surface area contributed by atoms with Gasteiger partial charge in [0.05, 0.1) is 11.3 Å². The Balaban J connectivity index is 2.12. The smallest absolute Gasteiger partial charge is 0.299 e. The number of Topliss-reactive ketones (excluding diaryl/α,β-unsaturated/α-hetero) is 1. The highest BCUT2D eigenvalue weighted by Crippen LogP contribution is 2.32. The molecule has 0 spiro atoms. The maximum Gasteiger partial charge on any atom is 0.299 e. The first-order chi connectivity index (χ1) is 9.56. The van der Waals surface area contributed by atoms with E-state index in [9.17, 15) is 18.4 Å². The molecule has 2 rings (SSSR count). The molecule has 0 N–H and O–H groups in total. The van der Waals surface area contributed by atoms with E-state index in [4.69, 9.17) is 11.6 Å². The third-order valence-corrected chi connectivity index (χ3v) is 3.51. The monoisotopic (exact) mass is 301 g/mol. The first-order valence-corrected chi connectivity index (χ1v) is 7.01. The minimum Gasteiger partial charge on any atom is -0.302 e. The zero-order chi connectivity index (χ0) is 14.7. The molecule has 6 heteroatoms. The van der Waals surface area contributed by atoms with Crippen LogP contribution in [-0.4, -0.2) is 24.1 Å². The van der Waals surface area contributed by atoms with Gasteiger partial charge >= 0.3 is 0 Å². The number of hydrogen-bond donors (Lipinski definition) is 0. The van der Waals surface area contributed by atoms with E-state index < -0.39 is 23.3 Å². The Hall–Kier alpha value is -1.49. The van der Waals surface area contributed by atoms with Crippen LogP contribution in [0, 0.1) is 11.6 Å². The lowest BCUT2D eigenvalue weighted by Crippen LogP contribution is -2.31. The minimum absolute atomic E-state index is 0.0984. The first kappa shape index (κ1) is 14.9. The van der Waals surface area contributed by atoms with Crippen LogP contribution in [0.5, 0.6) is 0 Å². The average molecular weight is 302 g/mol. The highest BCUT2D eigenvalue weighted by Gasteiger charge is 2.38. The highest BCUT2D eigenvalue weighted by atomic mass is 35.5. The van der Waals surface area contributed by atoms with Gasteiger partial charge in [0.2, 0.25) is 0 Å². The molecule has 0 radical (unpaired) electrons. The van der Waals surface area contributed by atoms with Crippen LogP contribution in [0.1, 0.15) is 36.0 Å². The molecule has 0 atom stereocenters. The fourth-order valence-electron chi connectivity index (χ4n) is 2.28. The molecule has 1 aliphatic heterocycles. The number of fused-ring (bicyclic) bond motifs is 1. The molecule has 0 unspecified atom stereocenters. The van der Waals surface area contributed by atoms with Crippen LogP contribution in [0.25, 0.3) is 0 Å². The predicted octanol–water partition coefficient (Wildman–Crippen LogP) is 3.29. The third kappa shape index (κ3) is 2.82. The fourth-order valence-corrected chi connectivity index (χ4v) is 2.47. The number of carbonyl (C=O) groups excluding carboxylic acids is 2. The van der Waals surface area contributed by atoms with Gasteiger partial charge in [0, 0.05) is 18.5 Å². The lowest BCUT2D eigenvalue weighted by atomic mass is 10.1. The Kier molecular flexibility index (Phi) is 4.70. The summed E-state index contributed by atoms with van der Waals surface area (Å²) >= 11 is 5.56. The van der Waals surface area contributed by atoms with E-state index in [-0.39, 0.29) is 17.8 Å². The summed E-state index contributed by atoms with van der Waals surface area (Å²) in [6.07, 6.45) is 3.28. The van der Waals surface area contributed by atoms with Gasteiger partial charge in [-0.25, -0.2) is 8.78 Å². The molecule has 1 heterocycles. The van der Waals surface area contributed by atoms with Crippen molar-refractivity contribution in [3.05, 3.63) is 29.3 Å². The number of alkyl halides is 1. The van der Waals surface area contributed by atoms with Crippen LogP contribution in [0.4, 0.5) is 14.5 Å². The highest BCUT2D eigenvalue weighted by molar-refractivity contribution is 6.52. The van der Waals surface area contributed by atoms with E-state index in [2.05, 4.69) is 0 Å². The molecule has 0 aliphatic carbocycles. The normalized spacial score (nSPS) is 14.1. The van der Waals surface area contributed by atoms with Gasteiger partial charge in [0.25, 0.3) is 11.7 Å². The van der Waals surface area contributed by atoms with Crippen LogP contribution in [0.15, 0.2) is 12.1 Å². The van der Waals surface area contributed by atoms with Crippen LogP contribution >= 0.6 is 11.6 Å². The molecule has 1 aromatic rings. The Morgan fingerprint density at radius 3 is 2.45 bits per heavy atom. The van der Waals surface area contributed by atoms with Crippen molar-refractivity contribution in [1.82, 2.24) is 0 Å². The van der Waals surface area contributed by atoms with Gasteiger partial charge in [-0.2, -0.15) is 0 Å². The Labute approximate surface area is 120 Å². The number of unbranched alkanes of at least 4 members (excludes halogenated alkanes) is 3. The summed E-state index contributed by atoms with van der Waals surface area (Å²) in [7, 11) is 0. The molecule has 0 fully saturated rings. The minimum atomic E-state index is -0.875. The van der Waals surface area contributed by atoms with E-state index >= 15 is 0 Å². The number of ketones is 1. The summed E-state index contributed by atoms with van der Waals surface area (Å²) in [5.41, 5.74) is -0.285.